The van der Waals surface area contributed by atoms with Crippen molar-refractivity contribution in [3.63, 3.8) is 0 Å². The highest BCUT2D eigenvalue weighted by atomic mass is 19.4. The molecule has 0 aromatic heterocycles. The molecule has 1 aromatic rings. The van der Waals surface area contributed by atoms with Gasteiger partial charge in [-0.25, -0.2) is 0 Å². The number of benzene rings is 1. The first-order valence-corrected chi connectivity index (χ1v) is 6.43. The second kappa shape index (κ2) is 5.44. The van der Waals surface area contributed by atoms with Crippen molar-refractivity contribution in [3.8, 4) is 0 Å². The van der Waals surface area contributed by atoms with Crippen LogP contribution in [0.25, 0.3) is 0 Å². The number of carboxylic acid groups (broad SMARTS) is 1. The predicted molar refractivity (Wildman–Crippen MR) is 67.2 cm³/mol. The predicted octanol–water partition coefficient (Wildman–Crippen LogP) is 3.17. The van der Waals surface area contributed by atoms with Crippen molar-refractivity contribution in [2.75, 3.05) is 13.1 Å². The van der Waals surface area contributed by atoms with Gasteiger partial charge in [-0.2, -0.15) is 13.2 Å². The lowest BCUT2D eigenvalue weighted by atomic mass is 10.00. The van der Waals surface area contributed by atoms with Crippen molar-refractivity contribution in [2.24, 2.45) is 5.92 Å². The molecular weight excluding hydrogens is 271 g/mol. The van der Waals surface area contributed by atoms with E-state index < -0.39 is 29.7 Å². The van der Waals surface area contributed by atoms with Crippen LogP contribution >= 0.6 is 0 Å². The summed E-state index contributed by atoms with van der Waals surface area (Å²) in [6.07, 6.45) is -3.91. The van der Waals surface area contributed by atoms with E-state index in [4.69, 9.17) is 5.11 Å². The molecule has 1 N–H and O–H groups in total. The molecule has 2 unspecified atom stereocenters. The molecule has 1 aliphatic heterocycles. The van der Waals surface area contributed by atoms with Crippen LogP contribution in [-0.2, 0) is 11.0 Å². The summed E-state index contributed by atoms with van der Waals surface area (Å²) in [4.78, 5) is 12.7. The third-order valence-electron chi connectivity index (χ3n) is 3.83. The first-order chi connectivity index (χ1) is 9.30. The smallest absolute Gasteiger partial charge is 0.416 e. The van der Waals surface area contributed by atoms with Gasteiger partial charge in [-0.15, -0.1) is 0 Å². The van der Waals surface area contributed by atoms with Crippen LogP contribution in [-0.4, -0.2) is 29.1 Å². The van der Waals surface area contributed by atoms with Gasteiger partial charge in [0.25, 0.3) is 0 Å². The SMILES string of the molecule is CC(c1ccccc1C(F)(F)F)N1CCC(C(=O)O)C1. The number of hydrogen-bond acceptors (Lipinski definition) is 2. The van der Waals surface area contributed by atoms with Crippen molar-refractivity contribution < 1.29 is 23.1 Å². The lowest BCUT2D eigenvalue weighted by Crippen LogP contribution is -2.27. The number of alkyl halides is 3. The number of nitrogens with zero attached hydrogens (tertiary/aromatic N) is 1. The van der Waals surface area contributed by atoms with E-state index in [1.807, 2.05) is 0 Å². The van der Waals surface area contributed by atoms with Crippen molar-refractivity contribution in [1.29, 1.82) is 0 Å². The van der Waals surface area contributed by atoms with Crippen LogP contribution in [0.3, 0.4) is 0 Å². The number of rotatable bonds is 3. The Morgan fingerprint density at radius 1 is 1.40 bits per heavy atom. The molecule has 6 heteroatoms. The van der Waals surface area contributed by atoms with E-state index in [9.17, 15) is 18.0 Å². The molecule has 0 spiro atoms. The van der Waals surface area contributed by atoms with Gasteiger partial charge in [-0.1, -0.05) is 18.2 Å². The minimum absolute atomic E-state index is 0.200. The highest BCUT2D eigenvalue weighted by molar-refractivity contribution is 5.70. The summed E-state index contributed by atoms with van der Waals surface area (Å²) >= 11 is 0. The largest absolute Gasteiger partial charge is 0.481 e. The fourth-order valence-corrected chi connectivity index (χ4v) is 2.66. The Bertz CT molecular complexity index is 501. The Morgan fingerprint density at radius 2 is 2.05 bits per heavy atom. The second-order valence-corrected chi connectivity index (χ2v) is 5.08. The summed E-state index contributed by atoms with van der Waals surface area (Å²) in [7, 11) is 0. The number of likely N-dealkylation sites (tertiary alicyclic amines) is 1. The summed E-state index contributed by atoms with van der Waals surface area (Å²) in [5.74, 6) is -1.38. The zero-order chi connectivity index (χ0) is 14.9. The summed E-state index contributed by atoms with van der Waals surface area (Å²) in [5.41, 5.74) is -0.447. The highest BCUT2D eigenvalue weighted by Crippen LogP contribution is 2.37. The van der Waals surface area contributed by atoms with Gasteiger partial charge in [-0.3, -0.25) is 9.69 Å². The Balaban J connectivity index is 2.22. The van der Waals surface area contributed by atoms with E-state index >= 15 is 0 Å². The molecule has 2 rings (SSSR count). The van der Waals surface area contributed by atoms with E-state index in [-0.39, 0.29) is 5.56 Å². The van der Waals surface area contributed by atoms with E-state index in [1.54, 1.807) is 17.9 Å². The lowest BCUT2D eigenvalue weighted by Gasteiger charge is -2.27. The van der Waals surface area contributed by atoms with E-state index in [1.165, 1.54) is 12.1 Å². The average molecular weight is 287 g/mol. The van der Waals surface area contributed by atoms with Gasteiger partial charge >= 0.3 is 12.1 Å². The van der Waals surface area contributed by atoms with Crippen LogP contribution < -0.4 is 0 Å². The molecule has 0 bridgehead atoms. The van der Waals surface area contributed by atoms with Gasteiger partial charge in [0.2, 0.25) is 0 Å². The maximum absolute atomic E-state index is 13.0. The van der Waals surface area contributed by atoms with Crippen molar-refractivity contribution in [2.45, 2.75) is 25.6 Å². The molecule has 0 aliphatic carbocycles. The van der Waals surface area contributed by atoms with E-state index in [0.717, 1.165) is 6.07 Å². The van der Waals surface area contributed by atoms with Gasteiger partial charge in [-0.05, 0) is 31.5 Å². The zero-order valence-electron chi connectivity index (χ0n) is 11.0. The molecule has 20 heavy (non-hydrogen) atoms. The Kier molecular flexibility index (Phi) is 4.04. The minimum Gasteiger partial charge on any atom is -0.481 e. The second-order valence-electron chi connectivity index (χ2n) is 5.08. The average Bonchev–Trinajstić information content (AvgIpc) is 2.86. The van der Waals surface area contributed by atoms with Gasteiger partial charge in [0.15, 0.2) is 0 Å². The molecule has 2 atom stereocenters. The van der Waals surface area contributed by atoms with Gasteiger partial charge in [0.1, 0.15) is 0 Å². The van der Waals surface area contributed by atoms with Crippen molar-refractivity contribution in [3.05, 3.63) is 35.4 Å². The van der Waals surface area contributed by atoms with E-state index in [2.05, 4.69) is 0 Å². The Labute approximate surface area is 115 Å². The number of hydrogen-bond donors (Lipinski definition) is 1. The third kappa shape index (κ3) is 2.95. The lowest BCUT2D eigenvalue weighted by molar-refractivity contribution is -0.141. The molecule has 1 heterocycles. The molecule has 110 valence electrons. The fourth-order valence-electron chi connectivity index (χ4n) is 2.66. The molecule has 1 fully saturated rings. The van der Waals surface area contributed by atoms with Crippen molar-refractivity contribution in [1.82, 2.24) is 4.90 Å². The van der Waals surface area contributed by atoms with Crippen LogP contribution in [0.15, 0.2) is 24.3 Å². The quantitative estimate of drug-likeness (QED) is 0.928. The molecule has 3 nitrogen and oxygen atoms in total. The van der Waals surface area contributed by atoms with Crippen LogP contribution in [0, 0.1) is 5.92 Å². The van der Waals surface area contributed by atoms with Crippen LogP contribution in [0.5, 0.6) is 0 Å². The minimum atomic E-state index is -4.39. The van der Waals surface area contributed by atoms with Crippen LogP contribution in [0.1, 0.15) is 30.5 Å². The molecule has 0 amide bonds. The highest BCUT2D eigenvalue weighted by Gasteiger charge is 2.37. The number of aliphatic carboxylic acids is 1. The molecule has 1 saturated heterocycles. The summed E-state index contributed by atoms with van der Waals surface area (Å²) < 4.78 is 39.0. The van der Waals surface area contributed by atoms with Gasteiger partial charge in [0.05, 0.1) is 11.5 Å². The molecular formula is C14H16F3NO2. The fraction of sp³-hybridized carbons (Fsp3) is 0.500. The number of halogens is 3. The standard InChI is InChI=1S/C14H16F3NO2/c1-9(18-7-6-10(8-18)13(19)20)11-4-2-3-5-12(11)14(15,16)17/h2-5,9-10H,6-8H2,1H3,(H,19,20). The zero-order valence-corrected chi connectivity index (χ0v) is 11.0. The summed E-state index contributed by atoms with van der Waals surface area (Å²) in [5, 5.41) is 8.96. The maximum Gasteiger partial charge on any atom is 0.416 e. The Morgan fingerprint density at radius 3 is 2.60 bits per heavy atom. The maximum atomic E-state index is 13.0. The van der Waals surface area contributed by atoms with E-state index in [0.29, 0.717) is 19.5 Å². The number of carbonyl (C=O) groups is 1. The van der Waals surface area contributed by atoms with Gasteiger partial charge < -0.3 is 5.11 Å². The molecule has 1 aromatic carbocycles. The summed E-state index contributed by atoms with van der Waals surface area (Å²) in [6.45, 7) is 2.49. The Hall–Kier alpha value is -1.56. The van der Waals surface area contributed by atoms with Crippen molar-refractivity contribution >= 4 is 5.97 Å². The summed E-state index contributed by atoms with van der Waals surface area (Å²) in [6, 6.07) is 5.02. The monoisotopic (exact) mass is 287 g/mol. The van der Waals surface area contributed by atoms with Crippen LogP contribution in [0.2, 0.25) is 0 Å². The first kappa shape index (κ1) is 14.8. The first-order valence-electron chi connectivity index (χ1n) is 6.43. The number of carboxylic acids is 1. The molecule has 1 aliphatic rings. The molecule has 0 saturated carbocycles. The molecule has 0 radical (unpaired) electrons. The normalized spacial score (nSPS) is 21.9. The third-order valence-corrected chi connectivity index (χ3v) is 3.83. The topological polar surface area (TPSA) is 40.5 Å². The van der Waals surface area contributed by atoms with Gasteiger partial charge in [0, 0.05) is 12.6 Å². The van der Waals surface area contributed by atoms with Crippen LogP contribution in [0.4, 0.5) is 13.2 Å².